The Hall–Kier alpha value is -2.61. The Labute approximate surface area is 148 Å². The molecule has 1 heterocycles. The third-order valence-electron chi connectivity index (χ3n) is 4.75. The molecule has 0 saturated heterocycles. The van der Waals surface area contributed by atoms with Crippen LogP contribution in [0.4, 0.5) is 0 Å². The van der Waals surface area contributed by atoms with Crippen molar-refractivity contribution < 1.29 is 19.1 Å². The van der Waals surface area contributed by atoms with Crippen molar-refractivity contribution in [2.45, 2.75) is 53.1 Å². The van der Waals surface area contributed by atoms with Crippen LogP contribution >= 0.6 is 0 Å². The normalized spacial score (nSPS) is 13.2. The van der Waals surface area contributed by atoms with E-state index in [2.05, 4.69) is 10.8 Å². The number of cyclic esters (lactones) is 1. The van der Waals surface area contributed by atoms with E-state index < -0.39 is 5.97 Å². The molecule has 5 nitrogen and oxygen atoms in total. The van der Waals surface area contributed by atoms with Crippen LogP contribution < -0.4 is 0 Å². The van der Waals surface area contributed by atoms with Crippen LogP contribution in [0.2, 0.25) is 0 Å². The van der Waals surface area contributed by atoms with Crippen LogP contribution in [0.3, 0.4) is 0 Å². The predicted molar refractivity (Wildman–Crippen MR) is 93.1 cm³/mol. The van der Waals surface area contributed by atoms with Crippen molar-refractivity contribution in [3.05, 3.63) is 45.0 Å². The minimum absolute atomic E-state index is 0.240. The van der Waals surface area contributed by atoms with Crippen LogP contribution in [-0.4, -0.2) is 19.0 Å². The molecule has 0 amide bonds. The Kier molecular flexibility index (Phi) is 5.97. The Morgan fingerprint density at radius 2 is 2.08 bits per heavy atom. The van der Waals surface area contributed by atoms with Crippen LogP contribution in [-0.2, 0) is 33.7 Å². The smallest absolute Gasteiger partial charge is 0.340 e. The fraction of sp³-hybridized carbons (Fsp3) is 0.450. The quantitative estimate of drug-likeness (QED) is 0.584. The molecule has 0 aromatic heterocycles. The fourth-order valence-electron chi connectivity index (χ4n) is 3.27. The summed E-state index contributed by atoms with van der Waals surface area (Å²) in [5.74, 6) is -0.652. The van der Waals surface area contributed by atoms with Crippen LogP contribution in [0.5, 0.6) is 0 Å². The summed E-state index contributed by atoms with van der Waals surface area (Å²) < 4.78 is 9.80. The lowest BCUT2D eigenvalue weighted by Crippen LogP contribution is -2.08. The lowest BCUT2D eigenvalue weighted by atomic mass is 9.85. The van der Waals surface area contributed by atoms with Crippen LogP contribution in [0.1, 0.15) is 64.9 Å². The minimum Gasteiger partial charge on any atom is -0.469 e. The molecule has 132 valence electrons. The van der Waals surface area contributed by atoms with Crippen molar-refractivity contribution in [3.8, 4) is 6.07 Å². The summed E-state index contributed by atoms with van der Waals surface area (Å²) in [6.45, 7) is 6.23. The molecule has 0 spiro atoms. The van der Waals surface area contributed by atoms with E-state index in [1.165, 1.54) is 7.11 Å². The second-order valence-electron chi connectivity index (χ2n) is 6.18. The zero-order valence-corrected chi connectivity index (χ0v) is 15.2. The molecular weight excluding hydrogens is 318 g/mol. The number of hydrogen-bond donors (Lipinski definition) is 0. The first kappa shape index (κ1) is 18.7. The van der Waals surface area contributed by atoms with Gasteiger partial charge in [0.25, 0.3) is 0 Å². The lowest BCUT2D eigenvalue weighted by Gasteiger charge is -2.16. The highest BCUT2D eigenvalue weighted by Gasteiger charge is 2.30. The van der Waals surface area contributed by atoms with E-state index >= 15 is 0 Å². The number of allylic oxidation sites excluding steroid dienone is 2. The number of hydrogen-bond acceptors (Lipinski definition) is 5. The van der Waals surface area contributed by atoms with Crippen molar-refractivity contribution in [2.75, 3.05) is 7.11 Å². The van der Waals surface area contributed by atoms with E-state index in [0.29, 0.717) is 30.4 Å². The third-order valence-corrected chi connectivity index (χ3v) is 4.75. The summed E-state index contributed by atoms with van der Waals surface area (Å²) in [6, 6.07) is 2.21. The number of carbonyl (C=O) groups is 2. The monoisotopic (exact) mass is 341 g/mol. The van der Waals surface area contributed by atoms with E-state index in [-0.39, 0.29) is 12.6 Å². The van der Waals surface area contributed by atoms with Gasteiger partial charge in [0.05, 0.1) is 18.2 Å². The van der Waals surface area contributed by atoms with Gasteiger partial charge in [-0.2, -0.15) is 5.26 Å². The largest absolute Gasteiger partial charge is 0.469 e. The van der Waals surface area contributed by atoms with Gasteiger partial charge in [-0.15, -0.1) is 0 Å². The Balaban J connectivity index is 2.39. The van der Waals surface area contributed by atoms with E-state index in [1.807, 2.05) is 26.8 Å². The second-order valence-corrected chi connectivity index (χ2v) is 6.18. The molecule has 1 aromatic rings. The van der Waals surface area contributed by atoms with Gasteiger partial charge in [0.1, 0.15) is 12.7 Å². The molecule has 0 unspecified atom stereocenters. The van der Waals surface area contributed by atoms with Gasteiger partial charge >= 0.3 is 11.9 Å². The molecule has 0 bridgehead atoms. The SMILES string of the molecule is CCc1c(C)c2c(c(C#N)c1CC=C(C)CCC(=O)OC)C(=O)OC2. The molecule has 0 atom stereocenters. The zero-order chi connectivity index (χ0) is 18.6. The third kappa shape index (κ3) is 3.74. The van der Waals surface area contributed by atoms with E-state index in [1.54, 1.807) is 0 Å². The molecule has 0 aliphatic carbocycles. The molecule has 0 N–H and O–H groups in total. The molecule has 1 aliphatic rings. The molecule has 0 radical (unpaired) electrons. The van der Waals surface area contributed by atoms with E-state index in [4.69, 9.17) is 4.74 Å². The molecule has 5 heteroatoms. The van der Waals surface area contributed by atoms with Gasteiger partial charge in [-0.1, -0.05) is 18.6 Å². The number of nitrogens with zero attached hydrogens (tertiary/aromatic N) is 1. The number of carbonyl (C=O) groups excluding carboxylic acids is 2. The summed E-state index contributed by atoms with van der Waals surface area (Å²) in [6.07, 6.45) is 4.30. The molecule has 1 aromatic carbocycles. The first-order valence-electron chi connectivity index (χ1n) is 8.41. The molecule has 25 heavy (non-hydrogen) atoms. The maximum atomic E-state index is 12.1. The van der Waals surface area contributed by atoms with Gasteiger partial charge in [-0.3, -0.25) is 4.79 Å². The molecule has 2 rings (SSSR count). The number of esters is 2. The van der Waals surface area contributed by atoms with Gasteiger partial charge in [0.15, 0.2) is 0 Å². The lowest BCUT2D eigenvalue weighted by molar-refractivity contribution is -0.140. The molecule has 1 aliphatic heterocycles. The number of nitriles is 1. The van der Waals surface area contributed by atoms with Crippen LogP contribution in [0.15, 0.2) is 11.6 Å². The first-order valence-corrected chi connectivity index (χ1v) is 8.41. The van der Waals surface area contributed by atoms with Crippen LogP contribution in [0.25, 0.3) is 0 Å². The van der Waals surface area contributed by atoms with Gasteiger partial charge < -0.3 is 9.47 Å². The van der Waals surface area contributed by atoms with Crippen molar-refractivity contribution >= 4 is 11.9 Å². The van der Waals surface area contributed by atoms with Gasteiger partial charge in [-0.05, 0) is 49.8 Å². The first-order chi connectivity index (χ1) is 11.9. The number of methoxy groups -OCH3 is 1. The Morgan fingerprint density at radius 1 is 1.36 bits per heavy atom. The number of benzene rings is 1. The molecular formula is C20H23NO4. The molecule has 0 saturated carbocycles. The average Bonchev–Trinajstić information content (AvgIpc) is 3.00. The Morgan fingerprint density at radius 3 is 2.68 bits per heavy atom. The predicted octanol–water partition coefficient (Wildman–Crippen LogP) is 3.54. The standard InChI is InChI=1S/C20H23NO4/c1-5-14-13(3)17-11-25-20(23)19(17)16(10-21)15(14)8-6-12(2)7-9-18(22)24-4/h6H,5,7-9,11H2,1-4H3. The second kappa shape index (κ2) is 7.98. The number of rotatable bonds is 6. The van der Waals surface area contributed by atoms with E-state index in [9.17, 15) is 14.9 Å². The highest BCUT2D eigenvalue weighted by molar-refractivity contribution is 5.97. The fourth-order valence-corrected chi connectivity index (χ4v) is 3.27. The van der Waals surface area contributed by atoms with Gasteiger partial charge in [0.2, 0.25) is 0 Å². The minimum atomic E-state index is -0.412. The summed E-state index contributed by atoms with van der Waals surface area (Å²) in [5.41, 5.74) is 5.77. The van der Waals surface area contributed by atoms with Crippen molar-refractivity contribution in [1.29, 1.82) is 5.26 Å². The Bertz CT molecular complexity index is 784. The number of fused-ring (bicyclic) bond motifs is 1. The maximum Gasteiger partial charge on any atom is 0.340 e. The summed E-state index contributed by atoms with van der Waals surface area (Å²) >= 11 is 0. The van der Waals surface area contributed by atoms with Crippen molar-refractivity contribution in [1.82, 2.24) is 0 Å². The summed E-state index contributed by atoms with van der Waals surface area (Å²) in [7, 11) is 1.38. The van der Waals surface area contributed by atoms with Crippen molar-refractivity contribution in [3.63, 3.8) is 0 Å². The highest BCUT2D eigenvalue weighted by Crippen LogP contribution is 2.33. The van der Waals surface area contributed by atoms with Crippen molar-refractivity contribution in [2.24, 2.45) is 0 Å². The van der Waals surface area contributed by atoms with Gasteiger partial charge in [-0.25, -0.2) is 4.79 Å². The molecule has 0 fully saturated rings. The van der Waals surface area contributed by atoms with E-state index in [0.717, 1.165) is 34.2 Å². The number of ether oxygens (including phenoxy) is 2. The topological polar surface area (TPSA) is 76.4 Å². The summed E-state index contributed by atoms with van der Waals surface area (Å²) in [5, 5.41) is 9.64. The summed E-state index contributed by atoms with van der Waals surface area (Å²) in [4.78, 5) is 23.3. The van der Waals surface area contributed by atoms with Gasteiger partial charge in [0, 0.05) is 12.0 Å². The highest BCUT2D eigenvalue weighted by atomic mass is 16.5. The zero-order valence-electron chi connectivity index (χ0n) is 15.2. The maximum absolute atomic E-state index is 12.1. The van der Waals surface area contributed by atoms with Crippen LogP contribution in [0, 0.1) is 18.3 Å². The average molecular weight is 341 g/mol.